The molecule has 2 aromatic rings. The molecular weight excluding hydrogens is 339 g/mol. The van der Waals surface area contributed by atoms with E-state index in [-0.39, 0.29) is 25.8 Å². The Morgan fingerprint density at radius 1 is 1.13 bits per heavy atom. The lowest BCUT2D eigenvalue weighted by Gasteiger charge is -2.21. The molecule has 0 bridgehead atoms. The van der Waals surface area contributed by atoms with Crippen LogP contribution in [0.25, 0.3) is 0 Å². The molecule has 2 aromatic carbocycles. The summed E-state index contributed by atoms with van der Waals surface area (Å²) < 4.78 is 16.0. The van der Waals surface area contributed by atoms with Gasteiger partial charge in [-0.15, -0.1) is 0 Å². The summed E-state index contributed by atoms with van der Waals surface area (Å²) in [6.07, 6.45) is 0.184. The van der Waals surface area contributed by atoms with E-state index in [1.165, 1.54) is 0 Å². The number of halogens is 2. The maximum atomic E-state index is 12.0. The minimum atomic E-state index is -0.326. The molecule has 1 aliphatic heterocycles. The predicted octanol–water partition coefficient (Wildman–Crippen LogP) is 4.15. The van der Waals surface area contributed by atoms with Crippen LogP contribution in [0.1, 0.15) is 16.7 Å². The first-order chi connectivity index (χ1) is 11.1. The Morgan fingerprint density at radius 2 is 1.91 bits per heavy atom. The van der Waals surface area contributed by atoms with Crippen LogP contribution in [0.4, 0.5) is 0 Å². The van der Waals surface area contributed by atoms with E-state index in [0.717, 1.165) is 16.7 Å². The van der Waals surface area contributed by atoms with E-state index in [1.807, 2.05) is 0 Å². The standard InChI is InChI=1S/C17H14Cl2O4/c18-14-3-1-11(2-4-14)5-16(20)22-9-13-7-15(19)6-12-8-21-10-23-17(12)13/h1-4,6-7H,5,8-10H2. The Morgan fingerprint density at radius 3 is 2.70 bits per heavy atom. The van der Waals surface area contributed by atoms with Gasteiger partial charge in [-0.05, 0) is 29.8 Å². The van der Waals surface area contributed by atoms with E-state index in [2.05, 4.69) is 0 Å². The molecule has 0 aliphatic carbocycles. The first-order valence-corrected chi connectivity index (χ1v) is 7.79. The Bertz CT molecular complexity index is 713. The van der Waals surface area contributed by atoms with Crippen molar-refractivity contribution in [1.29, 1.82) is 0 Å². The number of benzene rings is 2. The molecule has 0 saturated heterocycles. The summed E-state index contributed by atoms with van der Waals surface area (Å²) >= 11 is 11.9. The molecule has 0 N–H and O–H groups in total. The molecule has 0 unspecified atom stereocenters. The summed E-state index contributed by atoms with van der Waals surface area (Å²) in [5, 5.41) is 1.19. The first kappa shape index (κ1) is 16.1. The smallest absolute Gasteiger partial charge is 0.310 e. The number of ether oxygens (including phenoxy) is 3. The van der Waals surface area contributed by atoms with Crippen molar-refractivity contribution in [3.8, 4) is 5.75 Å². The van der Waals surface area contributed by atoms with Crippen LogP contribution in [0.2, 0.25) is 10.0 Å². The van der Waals surface area contributed by atoms with Crippen LogP contribution in [-0.4, -0.2) is 12.8 Å². The van der Waals surface area contributed by atoms with Gasteiger partial charge in [0, 0.05) is 21.2 Å². The zero-order valence-electron chi connectivity index (χ0n) is 12.2. The van der Waals surface area contributed by atoms with E-state index >= 15 is 0 Å². The van der Waals surface area contributed by atoms with Gasteiger partial charge in [0.1, 0.15) is 12.4 Å². The van der Waals surface area contributed by atoms with Crippen LogP contribution >= 0.6 is 23.2 Å². The molecule has 1 heterocycles. The molecule has 1 aliphatic rings. The number of esters is 1. The third-order valence-electron chi connectivity index (χ3n) is 3.40. The number of fused-ring (bicyclic) bond motifs is 1. The first-order valence-electron chi connectivity index (χ1n) is 7.04. The lowest BCUT2D eigenvalue weighted by atomic mass is 10.1. The largest absolute Gasteiger partial charge is 0.467 e. The van der Waals surface area contributed by atoms with E-state index < -0.39 is 0 Å². The summed E-state index contributed by atoms with van der Waals surface area (Å²) in [7, 11) is 0. The van der Waals surface area contributed by atoms with Gasteiger partial charge in [0.2, 0.25) is 0 Å². The number of hydrogen-bond donors (Lipinski definition) is 0. The highest BCUT2D eigenvalue weighted by Gasteiger charge is 2.17. The van der Waals surface area contributed by atoms with Crippen molar-refractivity contribution in [2.75, 3.05) is 6.79 Å². The molecule has 0 saturated carbocycles. The summed E-state index contributed by atoms with van der Waals surface area (Å²) in [4.78, 5) is 12.0. The maximum Gasteiger partial charge on any atom is 0.310 e. The Hall–Kier alpha value is -1.75. The minimum absolute atomic E-state index is 0.106. The highest BCUT2D eigenvalue weighted by Crippen LogP contribution is 2.32. The summed E-state index contributed by atoms with van der Waals surface area (Å²) in [6.45, 7) is 0.720. The van der Waals surface area contributed by atoms with Crippen LogP contribution in [0.15, 0.2) is 36.4 Å². The minimum Gasteiger partial charge on any atom is -0.467 e. The molecule has 0 radical (unpaired) electrons. The van der Waals surface area contributed by atoms with Gasteiger partial charge in [0.15, 0.2) is 6.79 Å². The highest BCUT2D eigenvalue weighted by molar-refractivity contribution is 6.31. The third kappa shape index (κ3) is 4.16. The second kappa shape index (κ2) is 7.21. The van der Waals surface area contributed by atoms with Gasteiger partial charge in [-0.1, -0.05) is 35.3 Å². The fourth-order valence-electron chi connectivity index (χ4n) is 2.34. The third-order valence-corrected chi connectivity index (χ3v) is 3.87. The van der Waals surface area contributed by atoms with Crippen LogP contribution < -0.4 is 4.74 Å². The van der Waals surface area contributed by atoms with Gasteiger partial charge in [0.25, 0.3) is 0 Å². The van der Waals surface area contributed by atoms with Crippen LogP contribution in [-0.2, 0) is 33.9 Å². The monoisotopic (exact) mass is 352 g/mol. The molecule has 0 amide bonds. The van der Waals surface area contributed by atoms with Gasteiger partial charge in [0.05, 0.1) is 13.0 Å². The second-order valence-corrected chi connectivity index (χ2v) is 6.00. The van der Waals surface area contributed by atoms with E-state index in [9.17, 15) is 4.79 Å². The molecule has 3 rings (SSSR count). The SMILES string of the molecule is O=C(Cc1ccc(Cl)cc1)OCc1cc(Cl)cc2c1OCOC2. The van der Waals surface area contributed by atoms with Crippen molar-refractivity contribution < 1.29 is 19.0 Å². The molecule has 0 atom stereocenters. The van der Waals surface area contributed by atoms with E-state index in [0.29, 0.717) is 22.4 Å². The van der Waals surface area contributed by atoms with Crippen LogP contribution in [0.5, 0.6) is 5.75 Å². The summed E-state index contributed by atoms with van der Waals surface area (Å²) in [5.74, 6) is 0.355. The van der Waals surface area contributed by atoms with E-state index in [4.69, 9.17) is 37.4 Å². The lowest BCUT2D eigenvalue weighted by Crippen LogP contribution is -2.14. The highest BCUT2D eigenvalue weighted by atomic mass is 35.5. The van der Waals surface area contributed by atoms with Crippen LogP contribution in [0.3, 0.4) is 0 Å². The average Bonchev–Trinajstić information content (AvgIpc) is 2.54. The fraction of sp³-hybridized carbons (Fsp3) is 0.235. The lowest BCUT2D eigenvalue weighted by molar-refractivity contribution is -0.144. The van der Waals surface area contributed by atoms with Crippen molar-refractivity contribution in [3.63, 3.8) is 0 Å². The van der Waals surface area contributed by atoms with Crippen molar-refractivity contribution in [2.24, 2.45) is 0 Å². The molecule has 6 heteroatoms. The van der Waals surface area contributed by atoms with Crippen molar-refractivity contribution in [1.82, 2.24) is 0 Å². The van der Waals surface area contributed by atoms with Gasteiger partial charge in [-0.3, -0.25) is 4.79 Å². The van der Waals surface area contributed by atoms with Crippen LogP contribution in [0, 0.1) is 0 Å². The maximum absolute atomic E-state index is 12.0. The number of carbonyl (C=O) groups is 1. The molecule has 120 valence electrons. The molecule has 4 nitrogen and oxygen atoms in total. The Kier molecular flexibility index (Phi) is 5.06. The predicted molar refractivity (Wildman–Crippen MR) is 86.7 cm³/mol. The van der Waals surface area contributed by atoms with Gasteiger partial charge < -0.3 is 14.2 Å². The van der Waals surface area contributed by atoms with Gasteiger partial charge in [-0.25, -0.2) is 0 Å². The summed E-state index contributed by atoms with van der Waals surface area (Å²) in [5.41, 5.74) is 2.44. The summed E-state index contributed by atoms with van der Waals surface area (Å²) in [6, 6.07) is 10.6. The van der Waals surface area contributed by atoms with Crippen molar-refractivity contribution in [3.05, 3.63) is 63.1 Å². The van der Waals surface area contributed by atoms with Crippen molar-refractivity contribution >= 4 is 29.2 Å². The average molecular weight is 353 g/mol. The Labute approximate surface area is 143 Å². The zero-order valence-corrected chi connectivity index (χ0v) is 13.7. The van der Waals surface area contributed by atoms with Gasteiger partial charge in [-0.2, -0.15) is 0 Å². The number of rotatable bonds is 4. The molecular formula is C17H14Cl2O4. The topological polar surface area (TPSA) is 44.8 Å². The van der Waals surface area contributed by atoms with Crippen molar-refractivity contribution in [2.45, 2.75) is 19.6 Å². The number of hydrogen-bond acceptors (Lipinski definition) is 4. The molecule has 0 fully saturated rings. The second-order valence-electron chi connectivity index (χ2n) is 5.13. The Balaban J connectivity index is 1.65. The molecule has 0 spiro atoms. The molecule has 0 aromatic heterocycles. The zero-order chi connectivity index (χ0) is 16.2. The number of carbonyl (C=O) groups excluding carboxylic acids is 1. The van der Waals surface area contributed by atoms with Gasteiger partial charge >= 0.3 is 5.97 Å². The normalized spacial score (nSPS) is 13.1. The van der Waals surface area contributed by atoms with E-state index in [1.54, 1.807) is 36.4 Å². The fourth-order valence-corrected chi connectivity index (χ4v) is 2.73. The molecule has 23 heavy (non-hydrogen) atoms. The quantitative estimate of drug-likeness (QED) is 0.775.